The number of hydrogen-bond donors (Lipinski definition) is 2. The highest BCUT2D eigenvalue weighted by Crippen LogP contribution is 2.63. The predicted octanol–water partition coefficient (Wildman–Crippen LogP) is 4.05. The molecule has 10 heteroatoms. The molecule has 208 valence electrons. The third-order valence-electron chi connectivity index (χ3n) is 8.30. The van der Waals surface area contributed by atoms with Gasteiger partial charge in [0, 0.05) is 42.2 Å². The first kappa shape index (κ1) is 26.4. The van der Waals surface area contributed by atoms with E-state index in [4.69, 9.17) is 4.74 Å². The molecule has 0 aliphatic carbocycles. The minimum absolute atomic E-state index is 0.166. The maximum Gasteiger partial charge on any atom is 0.310 e. The number of esters is 1. The lowest BCUT2D eigenvalue weighted by molar-refractivity contribution is -0.189. The van der Waals surface area contributed by atoms with Crippen LogP contribution >= 0.6 is 11.8 Å². The van der Waals surface area contributed by atoms with Gasteiger partial charge in [-0.05, 0) is 35.0 Å². The molecule has 1 aromatic heterocycles. The van der Waals surface area contributed by atoms with E-state index in [-0.39, 0.29) is 17.5 Å². The fourth-order valence-corrected chi connectivity index (χ4v) is 7.73. The molecule has 2 aromatic carbocycles. The Hall–Kier alpha value is -3.79. The third kappa shape index (κ3) is 3.47. The highest BCUT2D eigenvalue weighted by Gasteiger charge is 2.73. The molecule has 2 N–H and O–H groups in total. The number of amides is 2. The zero-order valence-corrected chi connectivity index (χ0v) is 23.9. The molecule has 0 spiro atoms. The fourth-order valence-electron chi connectivity index (χ4n) is 6.33. The number of hydrogen-bond acceptors (Lipinski definition) is 7. The number of carbonyl (C=O) groups excluding carboxylic acids is 4. The van der Waals surface area contributed by atoms with Gasteiger partial charge in [-0.25, -0.2) is 0 Å². The second kappa shape index (κ2) is 9.12. The lowest BCUT2D eigenvalue weighted by Gasteiger charge is -2.47. The number of likely N-dealkylation sites (N-methyl/N-ethyl adjacent to an activating group) is 1. The van der Waals surface area contributed by atoms with E-state index in [1.807, 2.05) is 54.7 Å². The molecule has 3 aliphatic rings. The molecular weight excluding hydrogens is 528 g/mol. The number of aromatic nitrogens is 1. The molecule has 0 bridgehead atoms. The summed E-state index contributed by atoms with van der Waals surface area (Å²) in [7, 11) is 1.46. The number of piperazine rings is 1. The van der Waals surface area contributed by atoms with E-state index in [0.29, 0.717) is 0 Å². The molecule has 2 fully saturated rings. The topological polar surface area (TPSA) is 112 Å². The van der Waals surface area contributed by atoms with Crippen molar-refractivity contribution in [3.05, 3.63) is 65.9 Å². The summed E-state index contributed by atoms with van der Waals surface area (Å²) < 4.78 is 5.62. The van der Waals surface area contributed by atoms with Gasteiger partial charge < -0.3 is 15.0 Å². The summed E-state index contributed by atoms with van der Waals surface area (Å²) in [6, 6.07) is 15.7. The maximum atomic E-state index is 14.4. The van der Waals surface area contributed by atoms with Crippen molar-refractivity contribution in [2.75, 3.05) is 12.4 Å². The van der Waals surface area contributed by atoms with Crippen molar-refractivity contribution in [1.82, 2.24) is 14.8 Å². The molecule has 2 amide bonds. The number of anilines is 1. The predicted molar refractivity (Wildman–Crippen MR) is 152 cm³/mol. The Morgan fingerprint density at radius 3 is 2.42 bits per heavy atom. The van der Waals surface area contributed by atoms with Crippen LogP contribution in [0.3, 0.4) is 0 Å². The molecule has 4 heterocycles. The first-order valence-electron chi connectivity index (χ1n) is 13.5. The SMILES string of the molecule is CC(C)C(=O)O[C@@H]1C(=O)N2[C@H]3Nc4ccccc4[C@@]3(c3c[nH]c4ccccc34)C[C@]2(SC(=O)C(C)C)C(=O)N1C. The highest BCUT2D eigenvalue weighted by molar-refractivity contribution is 8.15. The number of carbonyl (C=O) groups is 4. The van der Waals surface area contributed by atoms with Crippen LogP contribution in [0.25, 0.3) is 10.9 Å². The summed E-state index contributed by atoms with van der Waals surface area (Å²) in [5, 5.41) is 4.31. The summed E-state index contributed by atoms with van der Waals surface area (Å²) in [6.45, 7) is 6.90. The molecular formula is C30H32N4O5S. The van der Waals surface area contributed by atoms with Gasteiger partial charge in [0.05, 0.1) is 11.3 Å². The monoisotopic (exact) mass is 560 g/mol. The number of benzene rings is 2. The van der Waals surface area contributed by atoms with Crippen LogP contribution in [-0.2, 0) is 29.3 Å². The molecule has 3 aromatic rings. The number of ether oxygens (including phenoxy) is 1. The number of thioether (sulfide) groups is 1. The Morgan fingerprint density at radius 1 is 1.00 bits per heavy atom. The van der Waals surface area contributed by atoms with Crippen LogP contribution < -0.4 is 5.32 Å². The average molecular weight is 561 g/mol. The van der Waals surface area contributed by atoms with Crippen LogP contribution in [0.5, 0.6) is 0 Å². The van der Waals surface area contributed by atoms with E-state index in [9.17, 15) is 19.2 Å². The van der Waals surface area contributed by atoms with Gasteiger partial charge in [-0.3, -0.25) is 29.0 Å². The standard InChI is InChI=1S/C30H32N4O5S/c1-16(2)25(36)39-24-23(35)34-27-29(19-11-7-9-13-22(19)32-27,20-14-31-21-12-8-6-10-18(20)21)15-30(34,28(38)33(24)5)40-26(37)17(3)4/h6-14,16-17,24,27,31-32H,15H2,1-5H3/t24-,27-,29-,30+/m1/s1. The number of aromatic amines is 1. The van der Waals surface area contributed by atoms with Gasteiger partial charge in [-0.15, -0.1) is 0 Å². The van der Waals surface area contributed by atoms with Crippen molar-refractivity contribution >= 4 is 51.3 Å². The third-order valence-corrected chi connectivity index (χ3v) is 9.82. The Bertz CT molecular complexity index is 1570. The zero-order valence-electron chi connectivity index (χ0n) is 23.1. The fraction of sp³-hybridized carbons (Fsp3) is 0.400. The van der Waals surface area contributed by atoms with Crippen molar-refractivity contribution < 1.29 is 23.9 Å². The van der Waals surface area contributed by atoms with E-state index in [0.717, 1.165) is 39.5 Å². The second-order valence-corrected chi connectivity index (χ2v) is 12.7. The Morgan fingerprint density at radius 2 is 1.70 bits per heavy atom. The Balaban J connectivity index is 1.60. The smallest absolute Gasteiger partial charge is 0.310 e. The largest absolute Gasteiger partial charge is 0.431 e. The quantitative estimate of drug-likeness (QED) is 0.453. The minimum atomic E-state index is -1.54. The van der Waals surface area contributed by atoms with E-state index < -0.39 is 46.4 Å². The van der Waals surface area contributed by atoms with E-state index in [1.54, 1.807) is 27.7 Å². The molecule has 9 nitrogen and oxygen atoms in total. The number of rotatable bonds is 5. The first-order chi connectivity index (χ1) is 19.0. The summed E-state index contributed by atoms with van der Waals surface area (Å²) in [4.78, 5) is 59.4. The lowest BCUT2D eigenvalue weighted by Crippen LogP contribution is -2.70. The summed E-state index contributed by atoms with van der Waals surface area (Å²) in [5.41, 5.74) is 2.77. The van der Waals surface area contributed by atoms with Gasteiger partial charge in [0.15, 0.2) is 9.99 Å². The van der Waals surface area contributed by atoms with Crippen molar-refractivity contribution in [2.24, 2.45) is 11.8 Å². The van der Waals surface area contributed by atoms with Crippen LogP contribution in [0.15, 0.2) is 54.7 Å². The second-order valence-electron chi connectivity index (χ2n) is 11.4. The van der Waals surface area contributed by atoms with Gasteiger partial charge in [0.2, 0.25) is 0 Å². The molecule has 6 rings (SSSR count). The number of fused-ring (bicyclic) bond motifs is 6. The highest BCUT2D eigenvalue weighted by atomic mass is 32.2. The van der Waals surface area contributed by atoms with Crippen molar-refractivity contribution in [1.29, 1.82) is 0 Å². The van der Waals surface area contributed by atoms with Crippen LogP contribution in [-0.4, -0.2) is 62.0 Å². The first-order valence-corrected chi connectivity index (χ1v) is 14.3. The lowest BCUT2D eigenvalue weighted by atomic mass is 9.72. The Labute approximate surface area is 236 Å². The van der Waals surface area contributed by atoms with Crippen molar-refractivity contribution in [3.8, 4) is 0 Å². The molecule has 0 saturated carbocycles. The van der Waals surface area contributed by atoms with E-state index in [2.05, 4.69) is 10.3 Å². The molecule has 0 radical (unpaired) electrons. The van der Waals surface area contributed by atoms with E-state index in [1.165, 1.54) is 16.8 Å². The number of H-pyrrole nitrogens is 1. The average Bonchev–Trinajstić information content (AvgIpc) is 3.57. The van der Waals surface area contributed by atoms with Gasteiger partial charge in [0.25, 0.3) is 18.0 Å². The minimum Gasteiger partial charge on any atom is -0.431 e. The van der Waals surface area contributed by atoms with Crippen LogP contribution in [0, 0.1) is 11.8 Å². The summed E-state index contributed by atoms with van der Waals surface area (Å²) in [5.74, 6) is -2.41. The number of nitrogens with zero attached hydrogens (tertiary/aromatic N) is 2. The van der Waals surface area contributed by atoms with E-state index >= 15 is 0 Å². The van der Waals surface area contributed by atoms with Gasteiger partial charge in [-0.2, -0.15) is 0 Å². The molecule has 0 unspecified atom stereocenters. The number of nitrogens with one attached hydrogen (secondary N) is 2. The normalized spacial score (nSPS) is 27.2. The van der Waals surface area contributed by atoms with Gasteiger partial charge in [-0.1, -0.05) is 64.1 Å². The van der Waals surface area contributed by atoms with Gasteiger partial charge in [0.1, 0.15) is 6.17 Å². The molecule has 2 saturated heterocycles. The van der Waals surface area contributed by atoms with Gasteiger partial charge >= 0.3 is 5.97 Å². The molecule has 4 atom stereocenters. The summed E-state index contributed by atoms with van der Waals surface area (Å²) >= 11 is 0.906. The van der Waals surface area contributed by atoms with Crippen LogP contribution in [0.4, 0.5) is 5.69 Å². The maximum absolute atomic E-state index is 14.4. The number of para-hydroxylation sites is 2. The van der Waals surface area contributed by atoms with Crippen LogP contribution in [0.2, 0.25) is 0 Å². The molecule has 40 heavy (non-hydrogen) atoms. The van der Waals surface area contributed by atoms with Crippen molar-refractivity contribution in [3.63, 3.8) is 0 Å². The van der Waals surface area contributed by atoms with Crippen molar-refractivity contribution in [2.45, 2.75) is 56.8 Å². The Kier molecular flexibility index (Phi) is 6.03. The molecule has 3 aliphatic heterocycles. The van der Waals surface area contributed by atoms with Crippen LogP contribution in [0.1, 0.15) is 45.2 Å². The zero-order chi connectivity index (χ0) is 28.6. The summed E-state index contributed by atoms with van der Waals surface area (Å²) in [6.07, 6.45) is -0.0341.